The Kier molecular flexibility index (Phi) is 3.56. The van der Waals surface area contributed by atoms with E-state index < -0.39 is 0 Å². The Morgan fingerprint density at radius 1 is 1.14 bits per heavy atom. The number of rotatable bonds is 4. The van der Waals surface area contributed by atoms with Gasteiger partial charge in [-0.3, -0.25) is 5.10 Å². The lowest BCUT2D eigenvalue weighted by Gasteiger charge is -2.15. The summed E-state index contributed by atoms with van der Waals surface area (Å²) in [5.74, 6) is 2.79. The molecule has 0 aromatic carbocycles. The molecule has 1 atom stereocenters. The number of nitrogens with one attached hydrogen (secondary N) is 2. The van der Waals surface area contributed by atoms with Crippen LogP contribution in [0.4, 0.5) is 5.82 Å². The molecule has 2 N–H and O–H groups in total. The fourth-order valence-electron chi connectivity index (χ4n) is 2.35. The van der Waals surface area contributed by atoms with Gasteiger partial charge in [-0.1, -0.05) is 13.8 Å². The standard InChI is InChI=1S/C15H21N7/c1-8(2)12-7-14(22-13(18-12)6-9(3)21-22)16-10(4)15-17-11(5)19-20-15/h6-8,10,16H,1-5H3,(H,17,19,20)/t10-/m1/s1. The molecule has 116 valence electrons. The molecule has 0 saturated carbocycles. The lowest BCUT2D eigenvalue weighted by Crippen LogP contribution is -2.13. The first-order valence-electron chi connectivity index (χ1n) is 7.47. The van der Waals surface area contributed by atoms with Crippen LogP contribution in [0.2, 0.25) is 0 Å². The van der Waals surface area contributed by atoms with Crippen LogP contribution in [0.1, 0.15) is 55.8 Å². The van der Waals surface area contributed by atoms with Crippen molar-refractivity contribution in [2.24, 2.45) is 0 Å². The van der Waals surface area contributed by atoms with Gasteiger partial charge in [0.2, 0.25) is 0 Å². The summed E-state index contributed by atoms with van der Waals surface area (Å²) in [6, 6.07) is 4.00. The molecule has 0 fully saturated rings. The van der Waals surface area contributed by atoms with Crippen molar-refractivity contribution in [3.63, 3.8) is 0 Å². The van der Waals surface area contributed by atoms with Crippen molar-refractivity contribution in [1.82, 2.24) is 29.8 Å². The highest BCUT2D eigenvalue weighted by Gasteiger charge is 2.15. The van der Waals surface area contributed by atoms with Gasteiger partial charge in [-0.15, -0.1) is 0 Å². The van der Waals surface area contributed by atoms with Gasteiger partial charge in [0.05, 0.1) is 11.7 Å². The number of aryl methyl sites for hydroxylation is 2. The first-order valence-corrected chi connectivity index (χ1v) is 7.47. The van der Waals surface area contributed by atoms with Crippen molar-refractivity contribution >= 4 is 11.5 Å². The van der Waals surface area contributed by atoms with E-state index in [1.807, 2.05) is 37.4 Å². The molecule has 3 heterocycles. The number of hydrogen-bond acceptors (Lipinski definition) is 5. The Hall–Kier alpha value is -2.44. The van der Waals surface area contributed by atoms with Crippen molar-refractivity contribution in [3.05, 3.63) is 35.2 Å². The maximum Gasteiger partial charge on any atom is 0.172 e. The van der Waals surface area contributed by atoms with Crippen molar-refractivity contribution < 1.29 is 0 Å². The predicted molar refractivity (Wildman–Crippen MR) is 85.0 cm³/mol. The van der Waals surface area contributed by atoms with Gasteiger partial charge < -0.3 is 5.32 Å². The number of H-pyrrole nitrogens is 1. The third kappa shape index (κ3) is 2.66. The van der Waals surface area contributed by atoms with E-state index in [-0.39, 0.29) is 6.04 Å². The Bertz CT molecular complexity index is 799. The van der Waals surface area contributed by atoms with Crippen LogP contribution in [0.25, 0.3) is 5.65 Å². The van der Waals surface area contributed by atoms with Gasteiger partial charge >= 0.3 is 0 Å². The van der Waals surface area contributed by atoms with E-state index in [4.69, 9.17) is 0 Å². The van der Waals surface area contributed by atoms with E-state index >= 15 is 0 Å². The first-order chi connectivity index (χ1) is 10.4. The third-order valence-corrected chi connectivity index (χ3v) is 3.53. The minimum atomic E-state index is -0.0277. The summed E-state index contributed by atoms with van der Waals surface area (Å²) in [4.78, 5) is 9.04. The smallest absolute Gasteiger partial charge is 0.172 e. The summed E-state index contributed by atoms with van der Waals surface area (Å²) in [6.45, 7) is 10.2. The lowest BCUT2D eigenvalue weighted by atomic mass is 10.1. The predicted octanol–water partition coefficient (Wildman–Crippen LogP) is 2.76. The van der Waals surface area contributed by atoms with E-state index in [0.29, 0.717) is 5.92 Å². The molecule has 22 heavy (non-hydrogen) atoms. The third-order valence-electron chi connectivity index (χ3n) is 3.53. The summed E-state index contributed by atoms with van der Waals surface area (Å²) in [5.41, 5.74) is 2.83. The van der Waals surface area contributed by atoms with Crippen LogP contribution in [0.15, 0.2) is 12.1 Å². The second-order valence-electron chi connectivity index (χ2n) is 5.92. The van der Waals surface area contributed by atoms with Crippen LogP contribution >= 0.6 is 0 Å². The number of nitrogens with zero attached hydrogens (tertiary/aromatic N) is 5. The summed E-state index contributed by atoms with van der Waals surface area (Å²) in [5, 5.41) is 15.0. The molecule has 0 bridgehead atoms. The zero-order valence-corrected chi connectivity index (χ0v) is 13.5. The van der Waals surface area contributed by atoms with Crippen LogP contribution in [0.3, 0.4) is 0 Å². The summed E-state index contributed by atoms with van der Waals surface area (Å²) in [6.07, 6.45) is 0. The van der Waals surface area contributed by atoms with Crippen LogP contribution < -0.4 is 5.32 Å². The van der Waals surface area contributed by atoms with Crippen molar-refractivity contribution in [1.29, 1.82) is 0 Å². The number of anilines is 1. The zero-order valence-electron chi connectivity index (χ0n) is 13.5. The van der Waals surface area contributed by atoms with Crippen LogP contribution in [-0.2, 0) is 0 Å². The van der Waals surface area contributed by atoms with E-state index in [1.165, 1.54) is 0 Å². The monoisotopic (exact) mass is 299 g/mol. The molecule has 0 spiro atoms. The SMILES string of the molecule is Cc1cc2nc(C(C)C)cc(N[C@H](C)c3n[nH]c(C)n3)n2n1. The molecule has 3 rings (SSSR count). The topological polar surface area (TPSA) is 83.8 Å². The summed E-state index contributed by atoms with van der Waals surface area (Å²) < 4.78 is 1.83. The Labute approximate surface area is 129 Å². The molecule has 0 aliphatic heterocycles. The maximum atomic E-state index is 4.66. The maximum absolute atomic E-state index is 4.66. The largest absolute Gasteiger partial charge is 0.360 e. The molecule has 3 aromatic heterocycles. The average Bonchev–Trinajstić information content (AvgIpc) is 3.03. The molecule has 7 nitrogen and oxygen atoms in total. The minimum Gasteiger partial charge on any atom is -0.360 e. The number of aromatic nitrogens is 6. The second kappa shape index (κ2) is 5.40. The van der Waals surface area contributed by atoms with Crippen LogP contribution in [0, 0.1) is 13.8 Å². The Balaban J connectivity index is 2.01. The van der Waals surface area contributed by atoms with Crippen LogP contribution in [-0.4, -0.2) is 29.8 Å². The highest BCUT2D eigenvalue weighted by molar-refractivity contribution is 5.51. The minimum absolute atomic E-state index is 0.0277. The molecule has 0 amide bonds. The van der Waals surface area contributed by atoms with Gasteiger partial charge in [0.1, 0.15) is 11.6 Å². The Morgan fingerprint density at radius 3 is 2.55 bits per heavy atom. The zero-order chi connectivity index (χ0) is 15.9. The number of hydrogen-bond donors (Lipinski definition) is 2. The van der Waals surface area contributed by atoms with E-state index in [1.54, 1.807) is 0 Å². The van der Waals surface area contributed by atoms with Gasteiger partial charge in [-0.05, 0) is 26.7 Å². The number of aromatic amines is 1. The molecule has 0 aliphatic carbocycles. The molecule has 0 unspecified atom stereocenters. The molecule has 3 aromatic rings. The Morgan fingerprint density at radius 2 is 1.91 bits per heavy atom. The normalized spacial score (nSPS) is 13.0. The number of fused-ring (bicyclic) bond motifs is 1. The van der Waals surface area contributed by atoms with Crippen molar-refractivity contribution in [3.8, 4) is 0 Å². The van der Waals surface area contributed by atoms with Gasteiger partial charge in [0.25, 0.3) is 0 Å². The van der Waals surface area contributed by atoms with Crippen molar-refractivity contribution in [2.75, 3.05) is 5.32 Å². The lowest BCUT2D eigenvalue weighted by molar-refractivity contribution is 0.763. The van der Waals surface area contributed by atoms with Crippen LogP contribution in [0.5, 0.6) is 0 Å². The molecule has 7 heteroatoms. The van der Waals surface area contributed by atoms with Gasteiger partial charge in [-0.2, -0.15) is 14.7 Å². The molecular formula is C15H21N7. The van der Waals surface area contributed by atoms with Gasteiger partial charge in [0, 0.05) is 17.8 Å². The summed E-state index contributed by atoms with van der Waals surface area (Å²) in [7, 11) is 0. The van der Waals surface area contributed by atoms with Gasteiger partial charge in [-0.25, -0.2) is 9.97 Å². The molecular weight excluding hydrogens is 278 g/mol. The fourth-order valence-corrected chi connectivity index (χ4v) is 2.35. The second-order valence-corrected chi connectivity index (χ2v) is 5.92. The van der Waals surface area contributed by atoms with Crippen molar-refractivity contribution in [2.45, 2.75) is 46.6 Å². The highest BCUT2D eigenvalue weighted by atomic mass is 15.3. The average molecular weight is 299 g/mol. The first kappa shape index (κ1) is 14.5. The molecule has 0 aliphatic rings. The fraction of sp³-hybridized carbons (Fsp3) is 0.467. The molecule has 0 radical (unpaired) electrons. The quantitative estimate of drug-likeness (QED) is 0.774. The van der Waals surface area contributed by atoms with E-state index in [9.17, 15) is 0 Å². The van der Waals surface area contributed by atoms with E-state index in [2.05, 4.69) is 44.4 Å². The van der Waals surface area contributed by atoms with E-state index in [0.717, 1.165) is 34.5 Å². The summed E-state index contributed by atoms with van der Waals surface area (Å²) >= 11 is 0. The molecule has 0 saturated heterocycles. The highest BCUT2D eigenvalue weighted by Crippen LogP contribution is 2.22. The van der Waals surface area contributed by atoms with Gasteiger partial charge in [0.15, 0.2) is 11.5 Å².